The summed E-state index contributed by atoms with van der Waals surface area (Å²) in [6.07, 6.45) is 6.12. The van der Waals surface area contributed by atoms with Gasteiger partial charge in [0.05, 0.1) is 12.0 Å². The van der Waals surface area contributed by atoms with E-state index in [4.69, 9.17) is 0 Å². The second kappa shape index (κ2) is 6.72. The number of nitrogens with zero attached hydrogens (tertiary/aromatic N) is 3. The van der Waals surface area contributed by atoms with Gasteiger partial charge in [-0.1, -0.05) is 13.3 Å². The molecule has 4 atom stereocenters. The van der Waals surface area contributed by atoms with Gasteiger partial charge in [-0.05, 0) is 52.1 Å². The van der Waals surface area contributed by atoms with Gasteiger partial charge in [0.2, 0.25) is 0 Å². The molecule has 4 unspecified atom stereocenters. The Labute approximate surface area is 118 Å². The van der Waals surface area contributed by atoms with Crippen LogP contribution in [0.15, 0.2) is 0 Å². The first kappa shape index (κ1) is 14.8. The molecule has 0 aromatic carbocycles. The van der Waals surface area contributed by atoms with E-state index in [1.165, 1.54) is 38.8 Å². The summed E-state index contributed by atoms with van der Waals surface area (Å²) in [4.78, 5) is 5.09. The van der Waals surface area contributed by atoms with Gasteiger partial charge in [-0.2, -0.15) is 5.26 Å². The van der Waals surface area contributed by atoms with E-state index in [2.05, 4.69) is 36.8 Å². The van der Waals surface area contributed by atoms with E-state index < -0.39 is 0 Å². The lowest BCUT2D eigenvalue weighted by Crippen LogP contribution is -2.50. The van der Waals surface area contributed by atoms with E-state index in [0.29, 0.717) is 12.1 Å². The minimum Gasteiger partial charge on any atom is -0.305 e. The van der Waals surface area contributed by atoms with Crippen molar-refractivity contribution in [1.82, 2.24) is 9.80 Å². The predicted octanol–water partition coefficient (Wildman–Crippen LogP) is 2.73. The van der Waals surface area contributed by atoms with Crippen LogP contribution in [0.25, 0.3) is 0 Å². The summed E-state index contributed by atoms with van der Waals surface area (Å²) >= 11 is 0. The van der Waals surface area contributed by atoms with Crippen molar-refractivity contribution in [2.75, 3.05) is 26.7 Å². The van der Waals surface area contributed by atoms with Crippen molar-refractivity contribution in [2.45, 2.75) is 58.0 Å². The van der Waals surface area contributed by atoms with E-state index in [9.17, 15) is 5.26 Å². The average Bonchev–Trinajstić information content (AvgIpc) is 2.58. The van der Waals surface area contributed by atoms with Gasteiger partial charge in [0.15, 0.2) is 0 Å². The van der Waals surface area contributed by atoms with Crippen LogP contribution in [-0.2, 0) is 0 Å². The zero-order valence-corrected chi connectivity index (χ0v) is 12.8. The molecule has 0 spiro atoms. The fourth-order valence-corrected chi connectivity index (χ4v) is 4.00. The molecule has 0 N–H and O–H groups in total. The van der Waals surface area contributed by atoms with Gasteiger partial charge in [-0.25, -0.2) is 0 Å². The van der Waals surface area contributed by atoms with Gasteiger partial charge in [-0.3, -0.25) is 4.90 Å². The molecule has 3 heteroatoms. The highest BCUT2D eigenvalue weighted by molar-refractivity contribution is 4.99. The topological polar surface area (TPSA) is 30.3 Å². The molecule has 1 saturated carbocycles. The summed E-state index contributed by atoms with van der Waals surface area (Å²) in [5.41, 5.74) is 0. The highest BCUT2D eigenvalue weighted by Crippen LogP contribution is 2.35. The number of likely N-dealkylation sites (N-methyl/N-ethyl adjacent to an activating group) is 1. The fourth-order valence-electron chi connectivity index (χ4n) is 4.00. The lowest BCUT2D eigenvalue weighted by molar-refractivity contribution is 0.0689. The second-order valence-corrected chi connectivity index (χ2v) is 6.59. The van der Waals surface area contributed by atoms with Crippen LogP contribution in [0.4, 0.5) is 0 Å². The Bertz CT molecular complexity index is 322. The molecule has 0 aromatic rings. The number of hydrogen-bond donors (Lipinski definition) is 0. The van der Waals surface area contributed by atoms with Gasteiger partial charge < -0.3 is 4.90 Å². The molecule has 2 fully saturated rings. The van der Waals surface area contributed by atoms with Gasteiger partial charge in [0.1, 0.15) is 0 Å². The monoisotopic (exact) mass is 263 g/mol. The molecule has 1 aliphatic carbocycles. The molecule has 0 amide bonds. The van der Waals surface area contributed by atoms with Crippen LogP contribution >= 0.6 is 0 Å². The first-order chi connectivity index (χ1) is 9.15. The van der Waals surface area contributed by atoms with Gasteiger partial charge in [0, 0.05) is 25.2 Å². The standard InChI is InChI=1S/C16H29N3/c1-4-14-6-7-15(11-17)16(10-14)19-9-5-8-18(3)12-13(19)2/h13-16H,4-10,12H2,1-3H3. The lowest BCUT2D eigenvalue weighted by atomic mass is 9.76. The first-order valence-electron chi connectivity index (χ1n) is 7.99. The highest BCUT2D eigenvalue weighted by atomic mass is 15.2. The molecule has 0 radical (unpaired) electrons. The molecule has 1 aliphatic heterocycles. The van der Waals surface area contributed by atoms with Crippen LogP contribution in [-0.4, -0.2) is 48.6 Å². The van der Waals surface area contributed by atoms with E-state index in [0.717, 1.165) is 18.9 Å². The zero-order chi connectivity index (χ0) is 13.8. The van der Waals surface area contributed by atoms with E-state index in [1.807, 2.05) is 0 Å². The SMILES string of the molecule is CCC1CCC(C#N)C(N2CCCN(C)CC2C)C1. The number of hydrogen-bond acceptors (Lipinski definition) is 3. The number of rotatable bonds is 2. The van der Waals surface area contributed by atoms with Crippen LogP contribution in [0, 0.1) is 23.2 Å². The number of nitriles is 1. The molecular weight excluding hydrogens is 234 g/mol. The Morgan fingerprint density at radius 3 is 2.74 bits per heavy atom. The van der Waals surface area contributed by atoms with Crippen molar-refractivity contribution in [1.29, 1.82) is 5.26 Å². The molecule has 1 saturated heterocycles. The fraction of sp³-hybridized carbons (Fsp3) is 0.938. The maximum atomic E-state index is 9.47. The molecule has 3 nitrogen and oxygen atoms in total. The molecule has 19 heavy (non-hydrogen) atoms. The minimum absolute atomic E-state index is 0.258. The largest absolute Gasteiger partial charge is 0.305 e. The zero-order valence-electron chi connectivity index (χ0n) is 12.8. The van der Waals surface area contributed by atoms with Crippen molar-refractivity contribution >= 4 is 0 Å². The summed E-state index contributed by atoms with van der Waals surface area (Å²) in [5, 5.41) is 9.47. The van der Waals surface area contributed by atoms with Crippen molar-refractivity contribution in [3.63, 3.8) is 0 Å². The Morgan fingerprint density at radius 2 is 2.05 bits per heavy atom. The summed E-state index contributed by atoms with van der Waals surface area (Å²) in [5.74, 6) is 1.09. The molecule has 2 aliphatic rings. The van der Waals surface area contributed by atoms with Gasteiger partial charge >= 0.3 is 0 Å². The van der Waals surface area contributed by atoms with Gasteiger partial charge in [-0.15, -0.1) is 0 Å². The third-order valence-electron chi connectivity index (χ3n) is 5.19. The van der Waals surface area contributed by atoms with E-state index >= 15 is 0 Å². The van der Waals surface area contributed by atoms with Crippen LogP contribution in [0.2, 0.25) is 0 Å². The predicted molar refractivity (Wildman–Crippen MR) is 78.8 cm³/mol. The Hall–Kier alpha value is -0.590. The molecule has 108 valence electrons. The van der Waals surface area contributed by atoms with Crippen LogP contribution in [0.3, 0.4) is 0 Å². The van der Waals surface area contributed by atoms with Crippen molar-refractivity contribution in [3.8, 4) is 6.07 Å². The van der Waals surface area contributed by atoms with Crippen molar-refractivity contribution in [3.05, 3.63) is 0 Å². The second-order valence-electron chi connectivity index (χ2n) is 6.59. The maximum absolute atomic E-state index is 9.47. The Morgan fingerprint density at radius 1 is 1.26 bits per heavy atom. The van der Waals surface area contributed by atoms with Crippen LogP contribution in [0.1, 0.15) is 46.0 Å². The van der Waals surface area contributed by atoms with E-state index in [-0.39, 0.29) is 5.92 Å². The normalized spacial score (nSPS) is 38.6. The third-order valence-corrected chi connectivity index (χ3v) is 5.19. The summed E-state index contributed by atoms with van der Waals surface area (Å²) in [7, 11) is 2.22. The molecule has 2 rings (SSSR count). The third kappa shape index (κ3) is 3.49. The first-order valence-corrected chi connectivity index (χ1v) is 7.99. The summed E-state index contributed by atoms with van der Waals surface area (Å²) < 4.78 is 0. The minimum atomic E-state index is 0.258. The van der Waals surface area contributed by atoms with Crippen molar-refractivity contribution < 1.29 is 0 Å². The average molecular weight is 263 g/mol. The molecule has 0 aromatic heterocycles. The maximum Gasteiger partial charge on any atom is 0.0672 e. The van der Waals surface area contributed by atoms with E-state index in [1.54, 1.807) is 0 Å². The van der Waals surface area contributed by atoms with Crippen LogP contribution < -0.4 is 0 Å². The smallest absolute Gasteiger partial charge is 0.0672 e. The molecule has 0 bridgehead atoms. The molecule has 1 heterocycles. The Balaban J connectivity index is 2.09. The quantitative estimate of drug-likeness (QED) is 0.767. The lowest BCUT2D eigenvalue weighted by Gasteiger charge is -2.42. The summed E-state index contributed by atoms with van der Waals surface area (Å²) in [6.45, 7) is 8.15. The van der Waals surface area contributed by atoms with Crippen molar-refractivity contribution in [2.24, 2.45) is 11.8 Å². The van der Waals surface area contributed by atoms with Gasteiger partial charge in [0.25, 0.3) is 0 Å². The molecular formula is C16H29N3. The summed E-state index contributed by atoms with van der Waals surface area (Å²) in [6, 6.07) is 3.68. The van der Waals surface area contributed by atoms with Crippen LogP contribution in [0.5, 0.6) is 0 Å². The highest BCUT2D eigenvalue weighted by Gasteiger charge is 2.36. The Kier molecular flexibility index (Phi) is 5.24.